The van der Waals surface area contributed by atoms with Gasteiger partial charge in [0, 0.05) is 0 Å². The van der Waals surface area contributed by atoms with Gasteiger partial charge >= 0.3 is 6.03 Å². The first-order valence-electron chi connectivity index (χ1n) is 7.10. The molecule has 23 heavy (non-hydrogen) atoms. The summed E-state index contributed by atoms with van der Waals surface area (Å²) in [5, 5.41) is 4.95. The van der Waals surface area contributed by atoms with E-state index in [1.54, 1.807) is 43.5 Å². The van der Waals surface area contributed by atoms with Crippen molar-refractivity contribution in [2.75, 3.05) is 13.7 Å². The van der Waals surface area contributed by atoms with Gasteiger partial charge in [-0.05, 0) is 29.8 Å². The molecule has 0 radical (unpaired) electrons. The van der Waals surface area contributed by atoms with Crippen molar-refractivity contribution >= 4 is 11.9 Å². The topological polar surface area (TPSA) is 76.7 Å². The molecule has 3 rings (SSSR count). The molecule has 1 heterocycles. The molecular weight excluding hydrogens is 296 g/mol. The van der Waals surface area contributed by atoms with E-state index in [1.165, 1.54) is 0 Å². The predicted octanol–water partition coefficient (Wildman–Crippen LogP) is 1.81. The highest BCUT2D eigenvalue weighted by molar-refractivity contribution is 6.07. The van der Waals surface area contributed by atoms with E-state index >= 15 is 0 Å². The van der Waals surface area contributed by atoms with E-state index in [2.05, 4.69) is 10.6 Å². The molecule has 3 amide bonds. The number of methoxy groups -OCH3 is 1. The summed E-state index contributed by atoms with van der Waals surface area (Å²) in [5.41, 5.74) is -0.574. The van der Waals surface area contributed by atoms with Crippen LogP contribution >= 0.6 is 0 Å². The molecule has 6 nitrogen and oxygen atoms in total. The smallest absolute Gasteiger partial charge is 0.322 e. The molecule has 1 atom stereocenters. The van der Waals surface area contributed by atoms with Crippen molar-refractivity contribution in [1.29, 1.82) is 0 Å². The van der Waals surface area contributed by atoms with E-state index in [1.807, 2.05) is 18.2 Å². The Bertz CT molecular complexity index is 715. The quantitative estimate of drug-likeness (QED) is 0.826. The average Bonchev–Trinajstić information content (AvgIpc) is 2.89. The van der Waals surface area contributed by atoms with Crippen LogP contribution in [0.2, 0.25) is 0 Å². The SMILES string of the molecule is COc1ccc(OCC2(c3ccccc3)NC(=O)NC2=O)cc1. The molecule has 0 saturated carbocycles. The third kappa shape index (κ3) is 2.83. The van der Waals surface area contributed by atoms with Gasteiger partial charge in [-0.15, -0.1) is 0 Å². The summed E-state index contributed by atoms with van der Waals surface area (Å²) in [4.78, 5) is 24.0. The van der Waals surface area contributed by atoms with Gasteiger partial charge in [0.25, 0.3) is 5.91 Å². The van der Waals surface area contributed by atoms with Gasteiger partial charge in [0.05, 0.1) is 7.11 Å². The number of imide groups is 1. The van der Waals surface area contributed by atoms with Crippen molar-refractivity contribution in [3.05, 3.63) is 60.2 Å². The van der Waals surface area contributed by atoms with Gasteiger partial charge < -0.3 is 14.8 Å². The molecule has 118 valence electrons. The second kappa shape index (κ2) is 6.00. The van der Waals surface area contributed by atoms with E-state index in [-0.39, 0.29) is 6.61 Å². The van der Waals surface area contributed by atoms with Crippen molar-refractivity contribution in [3.8, 4) is 11.5 Å². The number of carbonyl (C=O) groups is 2. The summed E-state index contributed by atoms with van der Waals surface area (Å²) < 4.78 is 10.8. The highest BCUT2D eigenvalue weighted by Gasteiger charge is 2.48. The molecule has 0 spiro atoms. The number of nitrogens with one attached hydrogen (secondary N) is 2. The number of benzene rings is 2. The molecule has 2 N–H and O–H groups in total. The Labute approximate surface area is 133 Å². The van der Waals surface area contributed by atoms with Gasteiger partial charge in [0.2, 0.25) is 0 Å². The highest BCUT2D eigenvalue weighted by atomic mass is 16.5. The Morgan fingerprint density at radius 2 is 1.61 bits per heavy atom. The first-order chi connectivity index (χ1) is 11.1. The van der Waals surface area contributed by atoms with Crippen molar-refractivity contribution in [3.63, 3.8) is 0 Å². The van der Waals surface area contributed by atoms with Gasteiger partial charge in [-0.2, -0.15) is 0 Å². The van der Waals surface area contributed by atoms with E-state index in [4.69, 9.17) is 9.47 Å². The Balaban J connectivity index is 1.85. The van der Waals surface area contributed by atoms with E-state index in [0.29, 0.717) is 17.1 Å². The molecule has 0 aliphatic carbocycles. The normalized spacial score (nSPS) is 19.9. The van der Waals surface area contributed by atoms with Gasteiger partial charge in [-0.3, -0.25) is 10.1 Å². The average molecular weight is 312 g/mol. The maximum absolute atomic E-state index is 12.3. The molecule has 1 unspecified atom stereocenters. The first-order valence-corrected chi connectivity index (χ1v) is 7.10. The third-order valence-electron chi connectivity index (χ3n) is 3.72. The molecule has 0 bridgehead atoms. The van der Waals surface area contributed by atoms with E-state index in [9.17, 15) is 9.59 Å². The number of hydrogen-bond donors (Lipinski definition) is 2. The zero-order chi connectivity index (χ0) is 16.3. The van der Waals surface area contributed by atoms with Crippen molar-refractivity contribution in [2.45, 2.75) is 5.54 Å². The molecule has 2 aromatic rings. The number of amides is 3. The maximum atomic E-state index is 12.3. The fourth-order valence-corrected chi connectivity index (χ4v) is 2.47. The summed E-state index contributed by atoms with van der Waals surface area (Å²) >= 11 is 0. The summed E-state index contributed by atoms with van der Waals surface area (Å²) in [7, 11) is 1.58. The number of hydrogen-bond acceptors (Lipinski definition) is 4. The Kier molecular flexibility index (Phi) is 3.89. The van der Waals surface area contributed by atoms with Crippen LogP contribution in [0.25, 0.3) is 0 Å². The molecule has 6 heteroatoms. The Morgan fingerprint density at radius 3 is 2.17 bits per heavy atom. The number of carbonyl (C=O) groups excluding carboxylic acids is 2. The number of rotatable bonds is 5. The van der Waals surface area contributed by atoms with E-state index in [0.717, 1.165) is 0 Å². The summed E-state index contributed by atoms with van der Waals surface area (Å²) in [6.07, 6.45) is 0. The molecule has 1 fully saturated rings. The van der Waals surface area contributed by atoms with Gasteiger partial charge in [0.1, 0.15) is 18.1 Å². The fourth-order valence-electron chi connectivity index (χ4n) is 2.47. The van der Waals surface area contributed by atoms with Crippen molar-refractivity contribution in [2.24, 2.45) is 0 Å². The third-order valence-corrected chi connectivity index (χ3v) is 3.72. The van der Waals surface area contributed by atoms with Crippen LogP contribution in [0.3, 0.4) is 0 Å². The largest absolute Gasteiger partial charge is 0.497 e. The van der Waals surface area contributed by atoms with Crippen LogP contribution in [0.1, 0.15) is 5.56 Å². The lowest BCUT2D eigenvalue weighted by molar-refractivity contribution is -0.125. The van der Waals surface area contributed by atoms with Crippen LogP contribution in [-0.2, 0) is 10.3 Å². The van der Waals surface area contributed by atoms with Crippen LogP contribution in [0, 0.1) is 0 Å². The zero-order valence-electron chi connectivity index (χ0n) is 12.5. The molecule has 2 aromatic carbocycles. The Hall–Kier alpha value is -3.02. The van der Waals surface area contributed by atoms with Crippen molar-refractivity contribution in [1.82, 2.24) is 10.6 Å². The van der Waals surface area contributed by atoms with Crippen LogP contribution < -0.4 is 20.1 Å². The molecular formula is C17H16N2O4. The minimum absolute atomic E-state index is 0.0130. The van der Waals surface area contributed by atoms with Crippen LogP contribution in [0.4, 0.5) is 4.79 Å². The van der Waals surface area contributed by atoms with Crippen molar-refractivity contribution < 1.29 is 19.1 Å². The summed E-state index contributed by atoms with van der Waals surface area (Å²) in [5.74, 6) is 0.860. The number of ether oxygens (including phenoxy) is 2. The zero-order valence-corrected chi connectivity index (χ0v) is 12.5. The van der Waals surface area contributed by atoms with Gasteiger partial charge in [0.15, 0.2) is 5.54 Å². The van der Waals surface area contributed by atoms with Gasteiger partial charge in [-0.1, -0.05) is 30.3 Å². The van der Waals surface area contributed by atoms with Crippen LogP contribution in [-0.4, -0.2) is 25.7 Å². The fraction of sp³-hybridized carbons (Fsp3) is 0.176. The van der Waals surface area contributed by atoms with E-state index < -0.39 is 17.5 Å². The Morgan fingerprint density at radius 1 is 0.957 bits per heavy atom. The second-order valence-corrected chi connectivity index (χ2v) is 5.14. The first kappa shape index (κ1) is 14.9. The highest BCUT2D eigenvalue weighted by Crippen LogP contribution is 2.27. The summed E-state index contributed by atoms with van der Waals surface area (Å²) in [6.45, 7) is -0.0130. The maximum Gasteiger partial charge on any atom is 0.322 e. The standard InChI is InChI=1S/C17H16N2O4/c1-22-13-7-9-14(10-8-13)23-11-17(12-5-3-2-4-6-12)15(20)18-16(21)19-17/h2-10H,11H2,1H3,(H2,18,19,20,21). The minimum Gasteiger partial charge on any atom is -0.497 e. The monoisotopic (exact) mass is 312 g/mol. The molecule has 1 aliphatic heterocycles. The second-order valence-electron chi connectivity index (χ2n) is 5.14. The lowest BCUT2D eigenvalue weighted by Crippen LogP contribution is -2.48. The lowest BCUT2D eigenvalue weighted by Gasteiger charge is -2.26. The lowest BCUT2D eigenvalue weighted by atomic mass is 9.91. The predicted molar refractivity (Wildman–Crippen MR) is 83.3 cm³/mol. The van der Waals surface area contributed by atoms with Gasteiger partial charge in [-0.25, -0.2) is 4.79 Å². The molecule has 1 aliphatic rings. The molecule has 1 saturated heterocycles. The van der Waals surface area contributed by atoms with Crippen LogP contribution in [0.5, 0.6) is 11.5 Å². The molecule has 0 aromatic heterocycles. The summed E-state index contributed by atoms with van der Waals surface area (Å²) in [6, 6.07) is 15.5. The van der Waals surface area contributed by atoms with Crippen LogP contribution in [0.15, 0.2) is 54.6 Å². The number of urea groups is 1. The minimum atomic E-state index is -1.24.